The summed E-state index contributed by atoms with van der Waals surface area (Å²) in [5.41, 5.74) is 5.40. The normalized spacial score (nSPS) is 17.0. The van der Waals surface area contributed by atoms with Gasteiger partial charge in [0.15, 0.2) is 5.78 Å². The molecule has 3 aromatic carbocycles. The lowest BCUT2D eigenvalue weighted by atomic mass is 9.90. The molecule has 41 heavy (non-hydrogen) atoms. The minimum Gasteiger partial charge on any atom is -0.508 e. The lowest BCUT2D eigenvalue weighted by Gasteiger charge is -2.27. The zero-order valence-electron chi connectivity index (χ0n) is 23.2. The van der Waals surface area contributed by atoms with Crippen LogP contribution in [0.3, 0.4) is 0 Å². The van der Waals surface area contributed by atoms with Gasteiger partial charge in [0.1, 0.15) is 17.7 Å². The molecule has 2 unspecified atom stereocenters. The number of phenols is 1. The van der Waals surface area contributed by atoms with Crippen LogP contribution in [0.4, 0.5) is 4.39 Å². The zero-order valence-corrected chi connectivity index (χ0v) is 23.2. The van der Waals surface area contributed by atoms with Gasteiger partial charge in [0, 0.05) is 42.6 Å². The summed E-state index contributed by atoms with van der Waals surface area (Å²) in [4.78, 5) is 26.3. The van der Waals surface area contributed by atoms with E-state index in [0.29, 0.717) is 24.9 Å². The largest absolute Gasteiger partial charge is 0.508 e. The molecule has 1 aromatic heterocycles. The van der Waals surface area contributed by atoms with Crippen LogP contribution in [0.5, 0.6) is 5.75 Å². The van der Waals surface area contributed by atoms with Gasteiger partial charge in [-0.1, -0.05) is 56.3 Å². The van der Waals surface area contributed by atoms with Crippen LogP contribution < -0.4 is 0 Å². The highest BCUT2D eigenvalue weighted by Crippen LogP contribution is 2.43. The van der Waals surface area contributed by atoms with Gasteiger partial charge in [-0.15, -0.1) is 0 Å². The third-order valence-electron chi connectivity index (χ3n) is 7.52. The van der Waals surface area contributed by atoms with Gasteiger partial charge < -0.3 is 19.5 Å². The number of hydrogen-bond acceptors (Lipinski definition) is 5. The quantitative estimate of drug-likeness (QED) is 0.178. The van der Waals surface area contributed by atoms with Crippen LogP contribution >= 0.6 is 0 Å². The fourth-order valence-corrected chi connectivity index (χ4v) is 5.74. The molecule has 0 radical (unpaired) electrons. The standard InChI is InChI=1S/C34H34FNO5/c1-21(2)33-32(29(39)18-22-8-14-26(37)15-9-22)31(23-6-4-3-5-7-23)34(24-10-12-25(35)13-11-24)36(33)17-16-28-19-27(38)20-30(40)41-28/h3-15,21,27-28,37-38H,16-20H2,1-2H3. The first-order valence-electron chi connectivity index (χ1n) is 14.0. The van der Waals surface area contributed by atoms with Gasteiger partial charge in [-0.2, -0.15) is 0 Å². The maximum Gasteiger partial charge on any atom is 0.308 e. The molecule has 2 heterocycles. The number of phenolic OH excluding ortho intramolecular Hbond substituents is 1. The number of esters is 1. The molecule has 1 aliphatic heterocycles. The average Bonchev–Trinajstić information content (AvgIpc) is 3.29. The molecule has 7 heteroatoms. The van der Waals surface area contributed by atoms with Crippen LogP contribution in [0, 0.1) is 5.82 Å². The molecule has 1 saturated heterocycles. The number of Topliss-reactive ketones (excluding diaryl/α,β-unsaturated/α-hetero) is 1. The summed E-state index contributed by atoms with van der Waals surface area (Å²) in [6, 6.07) is 22.6. The molecule has 1 aliphatic rings. The van der Waals surface area contributed by atoms with Crippen molar-refractivity contribution in [3.05, 3.63) is 102 Å². The number of nitrogens with zero attached hydrogens (tertiary/aromatic N) is 1. The molecule has 0 amide bonds. The molecule has 5 rings (SSSR count). The lowest BCUT2D eigenvalue weighted by molar-refractivity contribution is -0.160. The minimum absolute atomic E-state index is 0.00778. The predicted octanol–water partition coefficient (Wildman–Crippen LogP) is 6.67. The van der Waals surface area contributed by atoms with E-state index < -0.39 is 18.2 Å². The molecule has 212 valence electrons. The van der Waals surface area contributed by atoms with Crippen LogP contribution in [-0.2, 0) is 22.5 Å². The highest BCUT2D eigenvalue weighted by atomic mass is 19.1. The van der Waals surface area contributed by atoms with Crippen LogP contribution in [-0.4, -0.2) is 38.7 Å². The van der Waals surface area contributed by atoms with E-state index in [-0.39, 0.29) is 36.1 Å². The van der Waals surface area contributed by atoms with Gasteiger partial charge in [-0.25, -0.2) is 4.39 Å². The number of carbonyl (C=O) groups is 2. The molecular weight excluding hydrogens is 521 g/mol. The number of hydrogen-bond donors (Lipinski definition) is 2. The summed E-state index contributed by atoms with van der Waals surface area (Å²) in [7, 11) is 0. The number of benzene rings is 3. The summed E-state index contributed by atoms with van der Waals surface area (Å²) >= 11 is 0. The maximum absolute atomic E-state index is 14.2. The Morgan fingerprint density at radius 2 is 1.68 bits per heavy atom. The predicted molar refractivity (Wildman–Crippen MR) is 155 cm³/mol. The third-order valence-corrected chi connectivity index (χ3v) is 7.52. The molecule has 6 nitrogen and oxygen atoms in total. The zero-order chi connectivity index (χ0) is 29.1. The topological polar surface area (TPSA) is 88.8 Å². The number of ether oxygens (including phenoxy) is 1. The van der Waals surface area contributed by atoms with Crippen LogP contribution in [0.25, 0.3) is 22.4 Å². The summed E-state index contributed by atoms with van der Waals surface area (Å²) in [6.07, 6.45) is -0.259. The molecule has 0 aliphatic carbocycles. The van der Waals surface area contributed by atoms with E-state index in [1.807, 2.05) is 44.2 Å². The molecule has 0 spiro atoms. The number of aromatic hydroxyl groups is 1. The first-order chi connectivity index (χ1) is 19.7. The number of ketones is 1. The fourth-order valence-electron chi connectivity index (χ4n) is 5.74. The van der Waals surface area contributed by atoms with Crippen molar-refractivity contribution in [2.45, 2.75) is 64.2 Å². The fraction of sp³-hybridized carbons (Fsp3) is 0.294. The second-order valence-electron chi connectivity index (χ2n) is 10.9. The summed E-state index contributed by atoms with van der Waals surface area (Å²) in [5, 5.41) is 19.9. The number of aromatic nitrogens is 1. The molecular formula is C34H34FNO5. The van der Waals surface area contributed by atoms with E-state index in [0.717, 1.165) is 33.6 Å². The second-order valence-corrected chi connectivity index (χ2v) is 10.9. The van der Waals surface area contributed by atoms with Crippen LogP contribution in [0.2, 0.25) is 0 Å². The number of rotatable bonds is 9. The summed E-state index contributed by atoms with van der Waals surface area (Å²) in [5.74, 6) is -0.764. The van der Waals surface area contributed by atoms with Crippen molar-refractivity contribution in [1.82, 2.24) is 4.57 Å². The summed E-state index contributed by atoms with van der Waals surface area (Å²) < 4.78 is 21.7. The van der Waals surface area contributed by atoms with Crippen molar-refractivity contribution < 1.29 is 28.9 Å². The molecule has 0 saturated carbocycles. The third kappa shape index (κ3) is 6.25. The van der Waals surface area contributed by atoms with E-state index in [4.69, 9.17) is 4.74 Å². The molecule has 1 fully saturated rings. The maximum atomic E-state index is 14.2. The Balaban J connectivity index is 1.70. The monoisotopic (exact) mass is 555 g/mol. The Morgan fingerprint density at radius 1 is 1.00 bits per heavy atom. The highest BCUT2D eigenvalue weighted by molar-refractivity contribution is 6.08. The second kappa shape index (κ2) is 12.1. The average molecular weight is 556 g/mol. The molecule has 2 atom stereocenters. The van der Waals surface area contributed by atoms with Gasteiger partial charge in [0.05, 0.1) is 18.2 Å². The smallest absolute Gasteiger partial charge is 0.308 e. The van der Waals surface area contributed by atoms with Gasteiger partial charge >= 0.3 is 5.97 Å². The van der Waals surface area contributed by atoms with Gasteiger partial charge in [-0.05, 0) is 59.0 Å². The minimum atomic E-state index is -0.741. The van der Waals surface area contributed by atoms with E-state index in [9.17, 15) is 24.2 Å². The van der Waals surface area contributed by atoms with Crippen molar-refractivity contribution in [2.75, 3.05) is 0 Å². The SMILES string of the molecule is CC(C)c1c(C(=O)Cc2ccc(O)cc2)c(-c2ccccc2)c(-c2ccc(F)cc2)n1CCC1CC(O)CC(=O)O1. The van der Waals surface area contributed by atoms with Crippen LogP contribution in [0.1, 0.15) is 60.6 Å². The Kier molecular flexibility index (Phi) is 8.36. The van der Waals surface area contributed by atoms with Crippen LogP contribution in [0.15, 0.2) is 78.9 Å². The number of aliphatic hydroxyl groups excluding tert-OH is 1. The van der Waals surface area contributed by atoms with E-state index >= 15 is 0 Å². The van der Waals surface area contributed by atoms with Gasteiger partial charge in [0.25, 0.3) is 0 Å². The molecule has 4 aromatic rings. The Labute approximate surface area is 239 Å². The van der Waals surface area contributed by atoms with E-state index in [1.54, 1.807) is 36.4 Å². The Bertz CT molecular complexity index is 1520. The first-order valence-corrected chi connectivity index (χ1v) is 14.0. The highest BCUT2D eigenvalue weighted by Gasteiger charge is 2.32. The Hall–Kier alpha value is -4.23. The van der Waals surface area contributed by atoms with E-state index in [1.165, 1.54) is 12.1 Å². The lowest BCUT2D eigenvalue weighted by Crippen LogP contribution is -2.33. The van der Waals surface area contributed by atoms with Gasteiger partial charge in [-0.3, -0.25) is 9.59 Å². The van der Waals surface area contributed by atoms with Gasteiger partial charge in [0.2, 0.25) is 0 Å². The van der Waals surface area contributed by atoms with E-state index in [2.05, 4.69) is 4.57 Å². The van der Waals surface area contributed by atoms with Crippen molar-refractivity contribution in [2.24, 2.45) is 0 Å². The Morgan fingerprint density at radius 3 is 2.32 bits per heavy atom. The van der Waals surface area contributed by atoms with Crippen molar-refractivity contribution in [3.8, 4) is 28.1 Å². The van der Waals surface area contributed by atoms with Crippen molar-refractivity contribution in [1.29, 1.82) is 0 Å². The molecule has 0 bridgehead atoms. The molecule has 2 N–H and O–H groups in total. The number of aliphatic hydroxyl groups is 1. The number of cyclic esters (lactones) is 1. The number of carbonyl (C=O) groups excluding carboxylic acids is 2. The summed E-state index contributed by atoms with van der Waals surface area (Å²) in [6.45, 7) is 4.50. The first kappa shape index (κ1) is 28.3. The van der Waals surface area contributed by atoms with Crippen molar-refractivity contribution in [3.63, 3.8) is 0 Å². The number of halogens is 1. The van der Waals surface area contributed by atoms with Crippen molar-refractivity contribution >= 4 is 11.8 Å².